The third kappa shape index (κ3) is 8.52. The molecule has 0 spiro atoms. The first-order valence-corrected chi connectivity index (χ1v) is 12.1. The average Bonchev–Trinajstić information content (AvgIpc) is 2.58. The largest absolute Gasteiger partial charge is 0.331 e. The summed E-state index contributed by atoms with van der Waals surface area (Å²) in [5.74, 6) is 0. The minimum Gasteiger partial charge on any atom is -0.324 e. The monoisotopic (exact) mass is 412 g/mol. The SMILES string of the molecule is CC(C)(CP(=O)(O)O)CP(=O)(OCc1ccccc1)OCc1ccccc1. The van der Waals surface area contributed by atoms with E-state index in [0.29, 0.717) is 0 Å². The van der Waals surface area contributed by atoms with Crippen molar-refractivity contribution in [3.05, 3.63) is 71.8 Å². The van der Waals surface area contributed by atoms with E-state index in [9.17, 15) is 18.9 Å². The molecule has 2 aromatic carbocycles. The lowest BCUT2D eigenvalue weighted by Gasteiger charge is -2.29. The van der Waals surface area contributed by atoms with Crippen molar-refractivity contribution in [2.75, 3.05) is 12.3 Å². The molecule has 0 bridgehead atoms. The number of rotatable bonds is 10. The zero-order chi connectivity index (χ0) is 20.0. The van der Waals surface area contributed by atoms with Gasteiger partial charge in [-0.15, -0.1) is 0 Å². The topological polar surface area (TPSA) is 93.1 Å². The molecule has 2 aromatic rings. The first-order valence-electron chi connectivity index (χ1n) is 8.58. The van der Waals surface area contributed by atoms with Gasteiger partial charge in [0, 0.05) is 0 Å². The average molecular weight is 412 g/mol. The van der Waals surface area contributed by atoms with Crippen LogP contribution in [0.2, 0.25) is 0 Å². The van der Waals surface area contributed by atoms with E-state index in [-0.39, 0.29) is 19.4 Å². The van der Waals surface area contributed by atoms with Gasteiger partial charge in [0.15, 0.2) is 0 Å². The molecule has 148 valence electrons. The van der Waals surface area contributed by atoms with Crippen molar-refractivity contribution < 1.29 is 28.0 Å². The Labute approximate surface area is 160 Å². The summed E-state index contributed by atoms with van der Waals surface area (Å²) in [6.45, 7) is 3.49. The summed E-state index contributed by atoms with van der Waals surface area (Å²) in [4.78, 5) is 18.6. The van der Waals surface area contributed by atoms with Crippen LogP contribution >= 0.6 is 15.2 Å². The molecule has 0 heterocycles. The maximum Gasteiger partial charge on any atom is 0.331 e. The fourth-order valence-corrected chi connectivity index (χ4v) is 6.27. The molecule has 6 nitrogen and oxygen atoms in total. The second kappa shape index (κ2) is 9.29. The van der Waals surface area contributed by atoms with E-state index in [4.69, 9.17) is 9.05 Å². The molecule has 0 atom stereocenters. The molecule has 0 unspecified atom stereocenters. The fraction of sp³-hybridized carbons (Fsp3) is 0.368. The van der Waals surface area contributed by atoms with E-state index in [1.807, 2.05) is 60.7 Å². The molecule has 0 aliphatic rings. The van der Waals surface area contributed by atoms with Crippen molar-refractivity contribution in [2.45, 2.75) is 27.1 Å². The summed E-state index contributed by atoms with van der Waals surface area (Å²) in [7, 11) is -7.86. The standard InChI is InChI=1S/C19H26O6P2/c1-19(2,15-26(20,21)22)16-27(23,24-13-17-9-5-3-6-10-17)25-14-18-11-7-4-8-12-18/h3-12H,13-16H2,1-2H3,(H2,20,21,22). The van der Waals surface area contributed by atoms with Crippen molar-refractivity contribution >= 4 is 15.2 Å². The molecular weight excluding hydrogens is 386 g/mol. The third-order valence-electron chi connectivity index (χ3n) is 3.80. The Morgan fingerprint density at radius 3 is 1.56 bits per heavy atom. The van der Waals surface area contributed by atoms with E-state index in [0.717, 1.165) is 11.1 Å². The van der Waals surface area contributed by atoms with Gasteiger partial charge in [0.2, 0.25) is 0 Å². The predicted octanol–water partition coefficient (Wildman–Crippen LogP) is 4.82. The Morgan fingerprint density at radius 1 is 0.778 bits per heavy atom. The van der Waals surface area contributed by atoms with Gasteiger partial charge < -0.3 is 18.8 Å². The Hall–Kier alpha value is -1.26. The maximum atomic E-state index is 13.4. The molecule has 0 saturated heterocycles. The molecule has 27 heavy (non-hydrogen) atoms. The minimum absolute atomic E-state index is 0.0925. The molecule has 0 fully saturated rings. The van der Waals surface area contributed by atoms with Crippen LogP contribution in [-0.4, -0.2) is 22.1 Å². The van der Waals surface area contributed by atoms with Crippen LogP contribution in [0.1, 0.15) is 25.0 Å². The van der Waals surface area contributed by atoms with Gasteiger partial charge in [-0.25, -0.2) is 0 Å². The molecular formula is C19H26O6P2. The van der Waals surface area contributed by atoms with E-state index in [1.165, 1.54) is 0 Å². The first kappa shape index (κ1) is 22.0. The molecule has 2 rings (SSSR count). The van der Waals surface area contributed by atoms with Crippen LogP contribution in [-0.2, 0) is 31.4 Å². The summed E-state index contributed by atoms with van der Waals surface area (Å²) in [5, 5.41) is 0. The van der Waals surface area contributed by atoms with Crippen LogP contribution in [0.25, 0.3) is 0 Å². The highest BCUT2D eigenvalue weighted by Crippen LogP contribution is 2.56. The van der Waals surface area contributed by atoms with Gasteiger partial charge in [-0.3, -0.25) is 9.13 Å². The first-order chi connectivity index (χ1) is 12.6. The van der Waals surface area contributed by atoms with Gasteiger partial charge in [0.05, 0.1) is 25.5 Å². The lowest BCUT2D eigenvalue weighted by Crippen LogP contribution is -2.23. The smallest absolute Gasteiger partial charge is 0.324 e. The third-order valence-corrected chi connectivity index (χ3v) is 7.35. The molecule has 0 amide bonds. The lowest BCUT2D eigenvalue weighted by molar-refractivity contribution is 0.183. The van der Waals surface area contributed by atoms with Crippen LogP contribution in [0.15, 0.2) is 60.7 Å². The number of hydrogen-bond donors (Lipinski definition) is 2. The minimum atomic E-state index is -4.26. The Morgan fingerprint density at radius 2 is 1.19 bits per heavy atom. The molecule has 0 aromatic heterocycles. The van der Waals surface area contributed by atoms with E-state index < -0.39 is 26.8 Å². The number of benzene rings is 2. The normalized spacial score (nSPS) is 12.9. The quantitative estimate of drug-likeness (QED) is 0.544. The molecule has 0 saturated carbocycles. The summed E-state index contributed by atoms with van der Waals surface area (Å²) < 4.78 is 36.1. The zero-order valence-corrected chi connectivity index (χ0v) is 17.3. The lowest BCUT2D eigenvalue weighted by atomic mass is 10.0. The van der Waals surface area contributed by atoms with Gasteiger partial charge in [-0.2, -0.15) is 0 Å². The van der Waals surface area contributed by atoms with Crippen molar-refractivity contribution in [3.8, 4) is 0 Å². The van der Waals surface area contributed by atoms with Crippen LogP contribution in [0.3, 0.4) is 0 Å². The van der Waals surface area contributed by atoms with E-state index in [2.05, 4.69) is 0 Å². The van der Waals surface area contributed by atoms with Gasteiger partial charge >= 0.3 is 15.2 Å². The van der Waals surface area contributed by atoms with E-state index in [1.54, 1.807) is 13.8 Å². The summed E-state index contributed by atoms with van der Waals surface area (Å²) in [5.41, 5.74) is 0.768. The predicted molar refractivity (Wildman–Crippen MR) is 106 cm³/mol. The number of hydrogen-bond acceptors (Lipinski definition) is 4. The summed E-state index contributed by atoms with van der Waals surface area (Å²) >= 11 is 0. The Bertz CT molecular complexity index is 754. The second-order valence-electron chi connectivity index (χ2n) is 7.27. The van der Waals surface area contributed by atoms with Crippen LogP contribution in [0.5, 0.6) is 0 Å². The van der Waals surface area contributed by atoms with Gasteiger partial charge in [0.25, 0.3) is 0 Å². The van der Waals surface area contributed by atoms with Crippen molar-refractivity contribution in [2.24, 2.45) is 5.41 Å². The summed E-state index contributed by atoms with van der Waals surface area (Å²) in [6, 6.07) is 18.6. The van der Waals surface area contributed by atoms with Gasteiger partial charge in [-0.1, -0.05) is 74.5 Å². The van der Waals surface area contributed by atoms with Crippen LogP contribution in [0, 0.1) is 5.41 Å². The van der Waals surface area contributed by atoms with Gasteiger partial charge in [-0.05, 0) is 16.5 Å². The molecule has 8 heteroatoms. The van der Waals surface area contributed by atoms with Gasteiger partial charge in [0.1, 0.15) is 0 Å². The fourth-order valence-electron chi connectivity index (χ4n) is 2.75. The van der Waals surface area contributed by atoms with Crippen LogP contribution in [0.4, 0.5) is 0 Å². The molecule has 2 N–H and O–H groups in total. The molecule has 0 radical (unpaired) electrons. The summed E-state index contributed by atoms with van der Waals surface area (Å²) in [6.07, 6.45) is -0.488. The van der Waals surface area contributed by atoms with Crippen molar-refractivity contribution in [1.29, 1.82) is 0 Å². The zero-order valence-electron chi connectivity index (χ0n) is 15.5. The van der Waals surface area contributed by atoms with Crippen LogP contribution < -0.4 is 0 Å². The van der Waals surface area contributed by atoms with Crippen molar-refractivity contribution in [3.63, 3.8) is 0 Å². The Balaban J connectivity index is 2.13. The molecule has 0 aliphatic heterocycles. The highest BCUT2D eigenvalue weighted by molar-refractivity contribution is 7.54. The van der Waals surface area contributed by atoms with E-state index >= 15 is 0 Å². The highest BCUT2D eigenvalue weighted by Gasteiger charge is 2.38. The van der Waals surface area contributed by atoms with Crippen molar-refractivity contribution in [1.82, 2.24) is 0 Å². The second-order valence-corrected chi connectivity index (χ2v) is 11.0. The maximum absolute atomic E-state index is 13.4. The Kier molecular flexibility index (Phi) is 7.58. The molecule has 0 aliphatic carbocycles. The highest BCUT2D eigenvalue weighted by atomic mass is 31.2.